The number of carboxylic acid groups (broad SMARTS) is 1. The zero-order chi connectivity index (χ0) is 41.4. The van der Waals surface area contributed by atoms with E-state index in [1.807, 2.05) is 18.2 Å². The highest BCUT2D eigenvalue weighted by Crippen LogP contribution is 2.43. The van der Waals surface area contributed by atoms with Crippen molar-refractivity contribution in [3.8, 4) is 0 Å². The highest BCUT2D eigenvalue weighted by atomic mass is 31.2. The van der Waals surface area contributed by atoms with Gasteiger partial charge in [0.15, 0.2) is 6.10 Å². The van der Waals surface area contributed by atoms with E-state index in [4.69, 9.17) is 24.8 Å². The minimum Gasteiger partial charge on any atom is -0.480 e. The number of carbonyl (C=O) groups excluding carboxylic acids is 2. The van der Waals surface area contributed by atoms with Gasteiger partial charge in [0.25, 0.3) is 0 Å². The molecular formula is C44H74NO10P. The summed E-state index contributed by atoms with van der Waals surface area (Å²) in [6, 6.07) is -1.54. The largest absolute Gasteiger partial charge is 0.480 e. The summed E-state index contributed by atoms with van der Waals surface area (Å²) in [7, 11) is -4.76. The van der Waals surface area contributed by atoms with E-state index in [1.165, 1.54) is 89.2 Å². The average Bonchev–Trinajstić information content (AvgIpc) is 3.17. The highest BCUT2D eigenvalue weighted by molar-refractivity contribution is 7.47. The Kier molecular flexibility index (Phi) is 36.6. The molecule has 3 atom stereocenters. The number of aliphatic carboxylic acids is 1. The summed E-state index contributed by atoms with van der Waals surface area (Å²) in [6.45, 7) is 2.59. The number of ether oxygens (including phenoxy) is 2. The fraction of sp³-hybridized carbons (Fsp3) is 0.659. The van der Waals surface area contributed by atoms with Gasteiger partial charge in [-0.1, -0.05) is 158 Å². The second-order valence-corrected chi connectivity index (χ2v) is 15.3. The van der Waals surface area contributed by atoms with Gasteiger partial charge in [0.05, 0.1) is 13.2 Å². The van der Waals surface area contributed by atoms with Gasteiger partial charge in [-0.25, -0.2) is 9.36 Å². The number of carbonyl (C=O) groups is 3. The standard InChI is InChI=1S/C44H74NO10P/c1-3-5-7-9-11-13-15-17-19-20-22-23-25-27-29-31-33-35-42(46)52-37-40(38-53-56(50,51)54-39-41(45)44(48)49)55-43(47)36-34-32-30-28-26-24-21-18-16-14-12-10-8-6-4-2/h11,13,17,19,22-23,27,29-30,32,34,36,40-41H,3-10,12,14-16,18,20-21,24-26,28,31,33,35,37-39,45H2,1-2H3,(H,48,49)(H,50,51)/b13-11+,19-17+,23-22+,29-27+,32-30+,36-34+/t40-,41+/m1/s1. The molecule has 1 unspecified atom stereocenters. The molecule has 4 N–H and O–H groups in total. The monoisotopic (exact) mass is 808 g/mol. The van der Waals surface area contributed by atoms with Crippen molar-refractivity contribution < 1.29 is 47.5 Å². The Bertz CT molecular complexity index is 1230. The number of allylic oxidation sites excluding steroid dienone is 11. The first-order valence-electron chi connectivity index (χ1n) is 21.0. The molecular weight excluding hydrogens is 733 g/mol. The van der Waals surface area contributed by atoms with E-state index in [2.05, 4.69) is 54.8 Å². The molecule has 0 rings (SSSR count). The number of unbranched alkanes of at least 4 members (excludes halogenated alkanes) is 15. The predicted molar refractivity (Wildman–Crippen MR) is 226 cm³/mol. The Morgan fingerprint density at radius 2 is 1.07 bits per heavy atom. The van der Waals surface area contributed by atoms with Gasteiger partial charge in [-0.2, -0.15) is 0 Å². The zero-order valence-electron chi connectivity index (χ0n) is 34.4. The summed E-state index contributed by atoms with van der Waals surface area (Å²) in [5.74, 6) is -2.72. The van der Waals surface area contributed by atoms with Gasteiger partial charge in [0.1, 0.15) is 12.6 Å². The van der Waals surface area contributed by atoms with Crippen LogP contribution < -0.4 is 5.73 Å². The van der Waals surface area contributed by atoms with E-state index < -0.39 is 57.7 Å². The van der Waals surface area contributed by atoms with Crippen molar-refractivity contribution in [3.63, 3.8) is 0 Å². The molecule has 0 aromatic rings. The maximum atomic E-state index is 12.5. The molecule has 0 aliphatic rings. The van der Waals surface area contributed by atoms with Gasteiger partial charge in [-0.3, -0.25) is 18.6 Å². The van der Waals surface area contributed by atoms with Crippen LogP contribution in [-0.4, -0.2) is 59.9 Å². The molecule has 0 aliphatic heterocycles. The lowest BCUT2D eigenvalue weighted by molar-refractivity contribution is -0.157. The van der Waals surface area contributed by atoms with Crippen LogP contribution in [0.2, 0.25) is 0 Å². The number of nitrogens with two attached hydrogens (primary N) is 1. The first kappa shape index (κ1) is 52.9. The molecule has 320 valence electrons. The van der Waals surface area contributed by atoms with Gasteiger partial charge in [-0.05, 0) is 57.8 Å². The van der Waals surface area contributed by atoms with E-state index in [0.29, 0.717) is 12.8 Å². The van der Waals surface area contributed by atoms with Crippen molar-refractivity contribution in [2.45, 2.75) is 167 Å². The van der Waals surface area contributed by atoms with E-state index in [9.17, 15) is 23.8 Å². The molecule has 0 aliphatic carbocycles. The topological polar surface area (TPSA) is 172 Å². The third-order valence-corrected chi connectivity index (χ3v) is 9.48. The molecule has 11 nitrogen and oxygen atoms in total. The maximum absolute atomic E-state index is 12.5. The molecule has 0 aromatic heterocycles. The summed E-state index contributed by atoms with van der Waals surface area (Å²) in [4.78, 5) is 45.7. The number of esters is 2. The lowest BCUT2D eigenvalue weighted by atomic mass is 10.1. The van der Waals surface area contributed by atoms with Gasteiger partial charge >= 0.3 is 25.7 Å². The highest BCUT2D eigenvalue weighted by Gasteiger charge is 2.27. The number of hydrogen-bond donors (Lipinski definition) is 3. The lowest BCUT2D eigenvalue weighted by Crippen LogP contribution is -2.34. The number of rotatable bonds is 38. The van der Waals surface area contributed by atoms with Crippen LogP contribution in [0, 0.1) is 0 Å². The third-order valence-electron chi connectivity index (χ3n) is 8.53. The molecule has 0 radical (unpaired) electrons. The minimum atomic E-state index is -4.76. The Morgan fingerprint density at radius 1 is 0.607 bits per heavy atom. The molecule has 0 spiro atoms. The Balaban J connectivity index is 4.60. The van der Waals surface area contributed by atoms with Crippen molar-refractivity contribution in [2.75, 3.05) is 19.8 Å². The molecule has 0 fully saturated rings. The second-order valence-electron chi connectivity index (χ2n) is 13.8. The normalized spacial score (nSPS) is 14.5. The second kappa shape index (κ2) is 38.8. The third kappa shape index (κ3) is 37.8. The van der Waals surface area contributed by atoms with Crippen LogP contribution in [0.4, 0.5) is 0 Å². The van der Waals surface area contributed by atoms with Crippen molar-refractivity contribution in [1.29, 1.82) is 0 Å². The Labute approximate surface area is 338 Å². The predicted octanol–water partition coefficient (Wildman–Crippen LogP) is 10.9. The number of hydrogen-bond acceptors (Lipinski definition) is 9. The molecule has 0 saturated carbocycles. The van der Waals surface area contributed by atoms with Crippen molar-refractivity contribution in [3.05, 3.63) is 72.9 Å². The van der Waals surface area contributed by atoms with Crippen LogP contribution in [0.5, 0.6) is 0 Å². The number of phosphoric ester groups is 1. The van der Waals surface area contributed by atoms with Crippen LogP contribution in [0.3, 0.4) is 0 Å². The number of carboxylic acids is 1. The van der Waals surface area contributed by atoms with Gasteiger partial charge in [0.2, 0.25) is 0 Å². The van der Waals surface area contributed by atoms with E-state index >= 15 is 0 Å². The van der Waals surface area contributed by atoms with Crippen molar-refractivity contribution in [2.24, 2.45) is 5.73 Å². The van der Waals surface area contributed by atoms with E-state index in [1.54, 1.807) is 6.08 Å². The molecule has 0 saturated heterocycles. The van der Waals surface area contributed by atoms with Gasteiger partial charge in [-0.15, -0.1) is 0 Å². The minimum absolute atomic E-state index is 0.123. The fourth-order valence-electron chi connectivity index (χ4n) is 5.20. The van der Waals surface area contributed by atoms with Crippen molar-refractivity contribution >= 4 is 25.7 Å². The van der Waals surface area contributed by atoms with E-state index in [0.717, 1.165) is 44.9 Å². The molecule has 0 aromatic carbocycles. The Hall–Kier alpha value is -3.08. The average molecular weight is 808 g/mol. The zero-order valence-corrected chi connectivity index (χ0v) is 35.3. The van der Waals surface area contributed by atoms with Crippen LogP contribution in [0.1, 0.15) is 155 Å². The summed E-state index contributed by atoms with van der Waals surface area (Å²) < 4.78 is 32.4. The number of phosphoric acid groups is 1. The van der Waals surface area contributed by atoms with E-state index in [-0.39, 0.29) is 6.42 Å². The molecule has 56 heavy (non-hydrogen) atoms. The van der Waals surface area contributed by atoms with Crippen LogP contribution in [0.25, 0.3) is 0 Å². The molecule has 0 amide bonds. The SMILES string of the molecule is CCCCC/C=C/C/C=C/C/C=C/C/C=C/CCCC(=O)OC[C@H](COP(=O)(O)OC[C@H](N)C(=O)O)OC(=O)/C=C/C=C/CCCCCCCCCCCCC. The van der Waals surface area contributed by atoms with Gasteiger partial charge < -0.3 is 25.2 Å². The van der Waals surface area contributed by atoms with Crippen molar-refractivity contribution in [1.82, 2.24) is 0 Å². The Morgan fingerprint density at radius 3 is 1.64 bits per heavy atom. The molecule has 12 heteroatoms. The van der Waals surface area contributed by atoms with Crippen LogP contribution in [-0.2, 0) is 37.5 Å². The lowest BCUT2D eigenvalue weighted by Gasteiger charge is -2.19. The molecule has 0 bridgehead atoms. The van der Waals surface area contributed by atoms with Crippen LogP contribution >= 0.6 is 7.82 Å². The first-order chi connectivity index (χ1) is 27.1. The smallest absolute Gasteiger partial charge is 0.472 e. The summed E-state index contributed by atoms with van der Waals surface area (Å²) in [5, 5.41) is 8.87. The summed E-state index contributed by atoms with van der Waals surface area (Å²) >= 11 is 0. The quantitative estimate of drug-likeness (QED) is 0.0135. The van der Waals surface area contributed by atoms with Crippen LogP contribution in [0.15, 0.2) is 72.9 Å². The molecule has 0 heterocycles. The van der Waals surface area contributed by atoms with Gasteiger partial charge in [0, 0.05) is 12.5 Å². The summed E-state index contributed by atoms with van der Waals surface area (Å²) in [5.41, 5.74) is 5.31. The fourth-order valence-corrected chi connectivity index (χ4v) is 5.98. The first-order valence-corrected chi connectivity index (χ1v) is 22.5. The maximum Gasteiger partial charge on any atom is 0.472 e. The summed E-state index contributed by atoms with van der Waals surface area (Å²) in [6.07, 6.45) is 46.1.